The highest BCUT2D eigenvalue weighted by atomic mass is 79.9. The molecule has 3 nitrogen and oxygen atoms in total. The van der Waals surface area contributed by atoms with Crippen LogP contribution in [0.5, 0.6) is 5.75 Å². The van der Waals surface area contributed by atoms with Crippen molar-refractivity contribution in [3.63, 3.8) is 0 Å². The molecule has 1 rings (SSSR count). The van der Waals surface area contributed by atoms with Crippen LogP contribution in [-0.2, 0) is 11.0 Å². The first-order valence-corrected chi connectivity index (χ1v) is 4.81. The van der Waals surface area contributed by atoms with Gasteiger partial charge in [-0.1, -0.05) is 15.9 Å². The molecule has 1 aromatic carbocycles. The number of ether oxygens (including phenoxy) is 1. The third-order valence-corrected chi connectivity index (χ3v) is 2.02. The Morgan fingerprint density at radius 3 is 2.50 bits per heavy atom. The largest absolute Gasteiger partial charge is 0.482 e. The topological polar surface area (TPSA) is 46.5 Å². The van der Waals surface area contributed by atoms with Crippen molar-refractivity contribution in [2.24, 2.45) is 0 Å². The Bertz CT molecular complexity index is 403. The molecule has 1 N–H and O–H groups in total. The molecule has 0 unspecified atom stereocenters. The van der Waals surface area contributed by atoms with Crippen LogP contribution in [0.1, 0.15) is 5.56 Å². The molecule has 0 aliphatic heterocycles. The molecule has 0 aliphatic rings. The van der Waals surface area contributed by atoms with Crippen molar-refractivity contribution < 1.29 is 27.8 Å². The van der Waals surface area contributed by atoms with E-state index in [1.54, 1.807) is 0 Å². The van der Waals surface area contributed by atoms with Crippen molar-refractivity contribution in [2.45, 2.75) is 6.18 Å². The first-order chi connectivity index (χ1) is 7.29. The number of carboxylic acid groups (broad SMARTS) is 1. The van der Waals surface area contributed by atoms with E-state index in [2.05, 4.69) is 20.7 Å². The fraction of sp³-hybridized carbons (Fsp3) is 0.222. The minimum atomic E-state index is -4.49. The standard InChI is InChI=1S/C9H6BrF3O3/c10-6-1-5(9(11,12)13)2-7(3-6)16-4-8(14)15/h1-3H,4H2,(H,14,15). The molecule has 0 spiro atoms. The minimum Gasteiger partial charge on any atom is -0.482 e. The van der Waals surface area contributed by atoms with E-state index in [4.69, 9.17) is 5.11 Å². The SMILES string of the molecule is O=C(O)COc1cc(Br)cc(C(F)(F)F)c1. The monoisotopic (exact) mass is 298 g/mol. The van der Waals surface area contributed by atoms with Gasteiger partial charge in [0.1, 0.15) is 5.75 Å². The summed E-state index contributed by atoms with van der Waals surface area (Å²) in [5.41, 5.74) is -0.901. The average Bonchev–Trinajstić information content (AvgIpc) is 2.12. The number of halogens is 4. The van der Waals surface area contributed by atoms with Crippen LogP contribution in [0.3, 0.4) is 0 Å². The van der Waals surface area contributed by atoms with Gasteiger partial charge in [-0.2, -0.15) is 13.2 Å². The smallest absolute Gasteiger partial charge is 0.416 e. The molecular weight excluding hydrogens is 293 g/mol. The molecule has 1 aromatic rings. The van der Waals surface area contributed by atoms with Crippen LogP contribution in [0.15, 0.2) is 22.7 Å². The number of rotatable bonds is 3. The lowest BCUT2D eigenvalue weighted by molar-refractivity contribution is -0.139. The number of hydrogen-bond acceptors (Lipinski definition) is 2. The first kappa shape index (κ1) is 12.8. The lowest BCUT2D eigenvalue weighted by Crippen LogP contribution is -2.10. The fourth-order valence-corrected chi connectivity index (χ4v) is 1.43. The summed E-state index contributed by atoms with van der Waals surface area (Å²) in [5, 5.41) is 8.31. The molecule has 0 bridgehead atoms. The van der Waals surface area contributed by atoms with Crippen molar-refractivity contribution >= 4 is 21.9 Å². The number of carboxylic acids is 1. The van der Waals surface area contributed by atoms with Gasteiger partial charge in [0.2, 0.25) is 0 Å². The number of hydrogen-bond donors (Lipinski definition) is 1. The van der Waals surface area contributed by atoms with Gasteiger partial charge >= 0.3 is 12.1 Å². The van der Waals surface area contributed by atoms with Crippen molar-refractivity contribution in [1.82, 2.24) is 0 Å². The van der Waals surface area contributed by atoms with Gasteiger partial charge in [0, 0.05) is 4.47 Å². The Hall–Kier alpha value is -1.24. The molecule has 16 heavy (non-hydrogen) atoms. The third kappa shape index (κ3) is 3.73. The van der Waals surface area contributed by atoms with Gasteiger partial charge in [-0.15, -0.1) is 0 Å². The van der Waals surface area contributed by atoms with Crippen molar-refractivity contribution in [3.8, 4) is 5.75 Å². The van der Waals surface area contributed by atoms with E-state index in [0.717, 1.165) is 12.1 Å². The van der Waals surface area contributed by atoms with Crippen LogP contribution in [-0.4, -0.2) is 17.7 Å². The number of aliphatic carboxylic acids is 1. The van der Waals surface area contributed by atoms with Gasteiger partial charge in [-0.05, 0) is 18.2 Å². The van der Waals surface area contributed by atoms with Crippen molar-refractivity contribution in [3.05, 3.63) is 28.2 Å². The molecule has 0 radical (unpaired) electrons. The van der Waals surface area contributed by atoms with E-state index in [9.17, 15) is 18.0 Å². The Morgan fingerprint density at radius 1 is 1.38 bits per heavy atom. The van der Waals surface area contributed by atoms with Crippen LogP contribution in [0.2, 0.25) is 0 Å². The summed E-state index contributed by atoms with van der Waals surface area (Å²) in [6.07, 6.45) is -4.49. The maximum absolute atomic E-state index is 12.4. The van der Waals surface area contributed by atoms with Crippen LogP contribution in [0.4, 0.5) is 13.2 Å². The van der Waals surface area contributed by atoms with Gasteiger partial charge in [0.15, 0.2) is 6.61 Å². The average molecular weight is 299 g/mol. The van der Waals surface area contributed by atoms with Gasteiger partial charge in [-0.25, -0.2) is 4.79 Å². The fourth-order valence-electron chi connectivity index (χ4n) is 0.955. The second-order valence-corrected chi connectivity index (χ2v) is 3.77. The Morgan fingerprint density at radius 2 is 2.00 bits per heavy atom. The first-order valence-electron chi connectivity index (χ1n) is 4.01. The summed E-state index contributed by atoms with van der Waals surface area (Å²) in [5.74, 6) is -1.40. The molecule has 0 amide bonds. The highest BCUT2D eigenvalue weighted by Crippen LogP contribution is 2.34. The van der Waals surface area contributed by atoms with Crippen LogP contribution >= 0.6 is 15.9 Å². The molecule has 0 aliphatic carbocycles. The van der Waals surface area contributed by atoms with E-state index in [0.29, 0.717) is 0 Å². The van der Waals surface area contributed by atoms with Crippen LogP contribution in [0.25, 0.3) is 0 Å². The minimum absolute atomic E-state index is 0.149. The third-order valence-electron chi connectivity index (χ3n) is 1.56. The Kier molecular flexibility index (Phi) is 3.79. The van der Waals surface area contributed by atoms with Gasteiger partial charge in [-0.3, -0.25) is 0 Å². The highest BCUT2D eigenvalue weighted by Gasteiger charge is 2.31. The van der Waals surface area contributed by atoms with E-state index in [1.807, 2.05) is 0 Å². The second kappa shape index (κ2) is 4.73. The molecule has 0 saturated heterocycles. The van der Waals surface area contributed by atoms with Crippen molar-refractivity contribution in [1.29, 1.82) is 0 Å². The lowest BCUT2D eigenvalue weighted by atomic mass is 10.2. The van der Waals surface area contributed by atoms with E-state index in [1.165, 1.54) is 6.07 Å². The maximum atomic E-state index is 12.4. The molecule has 0 atom stereocenters. The summed E-state index contributed by atoms with van der Waals surface area (Å²) >= 11 is 2.89. The number of benzene rings is 1. The molecule has 0 fully saturated rings. The molecule has 0 saturated carbocycles. The highest BCUT2D eigenvalue weighted by molar-refractivity contribution is 9.10. The molecular formula is C9H6BrF3O3. The summed E-state index contributed by atoms with van der Waals surface area (Å²) in [6.45, 7) is -0.687. The Balaban J connectivity index is 2.94. The number of carbonyl (C=O) groups is 1. The normalized spacial score (nSPS) is 11.2. The summed E-state index contributed by atoms with van der Waals surface area (Å²) in [6, 6.07) is 2.89. The maximum Gasteiger partial charge on any atom is 0.416 e. The van der Waals surface area contributed by atoms with Crippen molar-refractivity contribution in [2.75, 3.05) is 6.61 Å². The zero-order valence-electron chi connectivity index (χ0n) is 7.71. The zero-order chi connectivity index (χ0) is 12.3. The zero-order valence-corrected chi connectivity index (χ0v) is 9.30. The molecule has 0 heterocycles. The van der Waals surface area contributed by atoms with Gasteiger partial charge in [0.05, 0.1) is 5.56 Å². The number of alkyl halides is 3. The predicted molar refractivity (Wildman–Crippen MR) is 52.3 cm³/mol. The summed E-state index contributed by atoms with van der Waals surface area (Å²) < 4.78 is 41.9. The lowest BCUT2D eigenvalue weighted by Gasteiger charge is -2.10. The quantitative estimate of drug-likeness (QED) is 0.933. The summed E-state index contributed by atoms with van der Waals surface area (Å²) in [4.78, 5) is 10.2. The van der Waals surface area contributed by atoms with Crippen LogP contribution < -0.4 is 4.74 Å². The predicted octanol–water partition coefficient (Wildman–Crippen LogP) is 2.93. The van der Waals surface area contributed by atoms with E-state index < -0.39 is 24.3 Å². The second-order valence-electron chi connectivity index (χ2n) is 2.86. The van der Waals surface area contributed by atoms with Gasteiger partial charge < -0.3 is 9.84 Å². The molecule has 0 aromatic heterocycles. The summed E-state index contributed by atoms with van der Waals surface area (Å²) in [7, 11) is 0. The van der Waals surface area contributed by atoms with E-state index >= 15 is 0 Å². The van der Waals surface area contributed by atoms with Gasteiger partial charge in [0.25, 0.3) is 0 Å². The Labute approximate surface area is 97.0 Å². The van der Waals surface area contributed by atoms with Crippen LogP contribution in [0, 0.1) is 0 Å². The van der Waals surface area contributed by atoms with E-state index in [-0.39, 0.29) is 10.2 Å². The molecule has 7 heteroatoms. The molecule has 88 valence electrons.